The van der Waals surface area contributed by atoms with Crippen LogP contribution in [0.5, 0.6) is 5.75 Å². The second kappa shape index (κ2) is 6.10. The largest absolute Gasteiger partial charge is 0.508 e. The second-order valence-electron chi connectivity index (χ2n) is 3.84. The highest BCUT2D eigenvalue weighted by atomic mass is 35.5. The van der Waals surface area contributed by atoms with E-state index in [1.807, 2.05) is 0 Å². The number of nitrogens with one attached hydrogen (secondary N) is 1. The van der Waals surface area contributed by atoms with E-state index in [0.717, 1.165) is 0 Å². The van der Waals surface area contributed by atoms with Crippen LogP contribution >= 0.6 is 46.4 Å². The normalized spacial score (nSPS) is 10.5. The summed E-state index contributed by atoms with van der Waals surface area (Å²) in [7, 11) is 0. The van der Waals surface area contributed by atoms with Gasteiger partial charge in [0.15, 0.2) is 0 Å². The van der Waals surface area contributed by atoms with E-state index in [2.05, 4.69) is 5.32 Å². The molecule has 0 spiro atoms. The van der Waals surface area contributed by atoms with E-state index in [1.54, 1.807) is 30.3 Å². The van der Waals surface area contributed by atoms with Gasteiger partial charge in [-0.2, -0.15) is 0 Å². The Balaban J connectivity index is 2.24. The maximum Gasteiger partial charge on any atom is 0.122 e. The molecule has 6 heteroatoms. The Morgan fingerprint density at radius 1 is 0.947 bits per heavy atom. The van der Waals surface area contributed by atoms with Crippen molar-refractivity contribution in [2.24, 2.45) is 0 Å². The van der Waals surface area contributed by atoms with Gasteiger partial charge in [-0.15, -0.1) is 0 Å². The molecule has 0 saturated carbocycles. The van der Waals surface area contributed by atoms with Crippen LogP contribution < -0.4 is 5.32 Å². The zero-order valence-corrected chi connectivity index (χ0v) is 12.6. The van der Waals surface area contributed by atoms with Crippen LogP contribution in [0.4, 0.5) is 5.69 Å². The number of aromatic hydroxyl groups is 1. The number of hydrogen-bond donors (Lipinski definition) is 2. The van der Waals surface area contributed by atoms with Gasteiger partial charge in [-0.1, -0.05) is 52.5 Å². The van der Waals surface area contributed by atoms with Crippen molar-refractivity contribution in [3.8, 4) is 5.75 Å². The molecule has 0 amide bonds. The molecular weight excluding hydrogens is 328 g/mol. The molecule has 0 radical (unpaired) electrons. The van der Waals surface area contributed by atoms with Crippen LogP contribution in [-0.2, 0) is 6.54 Å². The number of benzene rings is 2. The van der Waals surface area contributed by atoms with Crippen LogP contribution in [-0.4, -0.2) is 5.11 Å². The van der Waals surface area contributed by atoms with Crippen LogP contribution in [0.25, 0.3) is 0 Å². The fraction of sp³-hybridized carbons (Fsp3) is 0.0769. The van der Waals surface area contributed by atoms with Gasteiger partial charge in [-0.05, 0) is 24.3 Å². The maximum absolute atomic E-state index is 9.74. The van der Waals surface area contributed by atoms with Gasteiger partial charge >= 0.3 is 0 Å². The summed E-state index contributed by atoms with van der Waals surface area (Å²) < 4.78 is 0. The lowest BCUT2D eigenvalue weighted by Gasteiger charge is -2.12. The van der Waals surface area contributed by atoms with Crippen LogP contribution in [0.1, 0.15) is 5.56 Å². The summed E-state index contributed by atoms with van der Waals surface area (Å²) in [4.78, 5) is 0. The first kappa shape index (κ1) is 14.6. The number of halogens is 4. The summed E-state index contributed by atoms with van der Waals surface area (Å²) >= 11 is 24.0. The zero-order chi connectivity index (χ0) is 14.0. The molecular formula is C13H9Cl4NO. The van der Waals surface area contributed by atoms with Crippen molar-refractivity contribution in [3.05, 3.63) is 56.0 Å². The fourth-order valence-corrected chi connectivity index (χ4v) is 2.80. The number of phenolic OH excluding ortho intramolecular Hbond substituents is 1. The van der Waals surface area contributed by atoms with E-state index in [9.17, 15) is 5.11 Å². The number of rotatable bonds is 3. The molecule has 2 rings (SSSR count). The number of anilines is 1. The van der Waals surface area contributed by atoms with Gasteiger partial charge in [0.2, 0.25) is 0 Å². The van der Waals surface area contributed by atoms with Gasteiger partial charge in [0, 0.05) is 22.2 Å². The maximum atomic E-state index is 9.74. The van der Waals surface area contributed by atoms with Crippen LogP contribution in [0, 0.1) is 0 Å². The SMILES string of the molecule is Oc1cccc(Cl)c1CNc1c(Cl)cc(Cl)cc1Cl. The minimum Gasteiger partial charge on any atom is -0.508 e. The van der Waals surface area contributed by atoms with Gasteiger partial charge in [0.1, 0.15) is 5.75 Å². The minimum atomic E-state index is 0.112. The molecule has 0 aliphatic rings. The topological polar surface area (TPSA) is 32.3 Å². The Morgan fingerprint density at radius 2 is 1.58 bits per heavy atom. The fourth-order valence-electron chi connectivity index (χ4n) is 1.61. The highest BCUT2D eigenvalue weighted by Gasteiger charge is 2.10. The third-order valence-electron chi connectivity index (χ3n) is 2.54. The Morgan fingerprint density at radius 3 is 2.16 bits per heavy atom. The first-order valence-corrected chi connectivity index (χ1v) is 6.85. The van der Waals surface area contributed by atoms with E-state index in [0.29, 0.717) is 37.9 Å². The van der Waals surface area contributed by atoms with E-state index in [-0.39, 0.29) is 5.75 Å². The van der Waals surface area contributed by atoms with Crippen molar-refractivity contribution in [3.63, 3.8) is 0 Å². The molecule has 2 N–H and O–H groups in total. The molecule has 0 unspecified atom stereocenters. The molecule has 2 aromatic carbocycles. The Kier molecular flexibility index (Phi) is 4.69. The Bertz CT molecular complexity index is 572. The van der Waals surface area contributed by atoms with Crippen molar-refractivity contribution >= 4 is 52.1 Å². The van der Waals surface area contributed by atoms with Crippen molar-refractivity contribution in [1.82, 2.24) is 0 Å². The molecule has 0 bridgehead atoms. The molecule has 0 saturated heterocycles. The van der Waals surface area contributed by atoms with Gasteiger partial charge in [-0.25, -0.2) is 0 Å². The molecule has 0 aliphatic carbocycles. The average molecular weight is 337 g/mol. The standard InChI is InChI=1S/C13H9Cl4NO/c14-7-4-10(16)13(11(17)5-7)18-6-8-9(15)2-1-3-12(8)19/h1-5,18-19H,6H2. The lowest BCUT2D eigenvalue weighted by Crippen LogP contribution is -2.01. The van der Waals surface area contributed by atoms with E-state index >= 15 is 0 Å². The second-order valence-corrected chi connectivity index (χ2v) is 5.49. The summed E-state index contributed by atoms with van der Waals surface area (Å²) in [5.41, 5.74) is 1.12. The van der Waals surface area contributed by atoms with E-state index in [1.165, 1.54) is 0 Å². The van der Waals surface area contributed by atoms with Crippen molar-refractivity contribution in [1.29, 1.82) is 0 Å². The van der Waals surface area contributed by atoms with E-state index < -0.39 is 0 Å². The van der Waals surface area contributed by atoms with Crippen molar-refractivity contribution < 1.29 is 5.11 Å². The van der Waals surface area contributed by atoms with Gasteiger partial charge in [-0.3, -0.25) is 0 Å². The predicted molar refractivity (Wildman–Crippen MR) is 81.9 cm³/mol. The predicted octanol–water partition coefficient (Wildman–Crippen LogP) is 5.62. The summed E-state index contributed by atoms with van der Waals surface area (Å²) in [5.74, 6) is 0.112. The number of phenols is 1. The van der Waals surface area contributed by atoms with Crippen molar-refractivity contribution in [2.75, 3.05) is 5.32 Å². The first-order valence-electron chi connectivity index (χ1n) is 5.34. The summed E-state index contributed by atoms with van der Waals surface area (Å²) in [6.07, 6.45) is 0. The molecule has 100 valence electrons. The molecule has 0 atom stereocenters. The summed E-state index contributed by atoms with van der Waals surface area (Å²) in [6.45, 7) is 0.298. The lowest BCUT2D eigenvalue weighted by molar-refractivity contribution is 0.469. The minimum absolute atomic E-state index is 0.112. The number of hydrogen-bond acceptors (Lipinski definition) is 2. The average Bonchev–Trinajstić information content (AvgIpc) is 2.31. The molecule has 0 aliphatic heterocycles. The van der Waals surface area contributed by atoms with Crippen LogP contribution in [0.2, 0.25) is 20.1 Å². The smallest absolute Gasteiger partial charge is 0.122 e. The molecule has 0 heterocycles. The van der Waals surface area contributed by atoms with Crippen LogP contribution in [0.3, 0.4) is 0 Å². The molecule has 19 heavy (non-hydrogen) atoms. The van der Waals surface area contributed by atoms with Gasteiger partial charge in [0.05, 0.1) is 15.7 Å². The monoisotopic (exact) mass is 335 g/mol. The Labute approximate surface area is 130 Å². The molecule has 0 fully saturated rings. The Hall–Kier alpha value is -0.800. The van der Waals surface area contributed by atoms with Gasteiger partial charge < -0.3 is 10.4 Å². The zero-order valence-electron chi connectivity index (χ0n) is 9.55. The quantitative estimate of drug-likeness (QED) is 0.762. The third-order valence-corrected chi connectivity index (χ3v) is 3.71. The third kappa shape index (κ3) is 3.40. The highest BCUT2D eigenvalue weighted by Crippen LogP contribution is 2.35. The molecule has 0 aromatic heterocycles. The molecule has 2 aromatic rings. The first-order chi connectivity index (χ1) is 8.99. The van der Waals surface area contributed by atoms with Crippen LogP contribution in [0.15, 0.2) is 30.3 Å². The summed E-state index contributed by atoms with van der Waals surface area (Å²) in [5, 5.41) is 14.5. The summed E-state index contributed by atoms with van der Waals surface area (Å²) in [6, 6.07) is 8.11. The molecule has 2 nitrogen and oxygen atoms in total. The van der Waals surface area contributed by atoms with E-state index in [4.69, 9.17) is 46.4 Å². The highest BCUT2D eigenvalue weighted by molar-refractivity contribution is 6.41. The lowest BCUT2D eigenvalue weighted by atomic mass is 10.2. The van der Waals surface area contributed by atoms with Gasteiger partial charge in [0.25, 0.3) is 0 Å². The van der Waals surface area contributed by atoms with Crippen molar-refractivity contribution in [2.45, 2.75) is 6.54 Å².